The van der Waals surface area contributed by atoms with Crippen LogP contribution in [0, 0.1) is 5.41 Å². The Bertz CT molecular complexity index is 1010. The molecule has 1 unspecified atom stereocenters. The third-order valence-corrected chi connectivity index (χ3v) is 5.71. The van der Waals surface area contributed by atoms with Crippen molar-refractivity contribution in [1.29, 1.82) is 0 Å². The topological polar surface area (TPSA) is 12.0 Å². The van der Waals surface area contributed by atoms with E-state index in [0.29, 0.717) is 0 Å². The van der Waals surface area contributed by atoms with Gasteiger partial charge in [-0.15, -0.1) is 0 Å². The molecule has 0 aromatic heterocycles. The fourth-order valence-electron chi connectivity index (χ4n) is 4.53. The van der Waals surface area contributed by atoms with Crippen LogP contribution in [-0.2, 0) is 0 Å². The van der Waals surface area contributed by atoms with Crippen LogP contribution < -0.4 is 5.32 Å². The highest BCUT2D eigenvalue weighted by molar-refractivity contribution is 5.75. The molecule has 1 atom stereocenters. The second-order valence-electron chi connectivity index (χ2n) is 7.20. The van der Waals surface area contributed by atoms with E-state index in [0.717, 1.165) is 22.5 Å². The summed E-state index contributed by atoms with van der Waals surface area (Å²) in [4.78, 5) is 0. The smallest absolute Gasteiger partial charge is 0.0710 e. The van der Waals surface area contributed by atoms with Crippen LogP contribution in [-0.4, -0.2) is 0 Å². The molecular formula is C29H33N. The maximum atomic E-state index is 4.21. The second-order valence-corrected chi connectivity index (χ2v) is 7.20. The summed E-state index contributed by atoms with van der Waals surface area (Å²) in [6.45, 7) is 24.5. The molecule has 1 aliphatic carbocycles. The number of hydrogen-bond acceptors (Lipinski definition) is 1. The molecule has 1 N–H and O–H groups in total. The van der Waals surface area contributed by atoms with Gasteiger partial charge < -0.3 is 5.32 Å². The summed E-state index contributed by atoms with van der Waals surface area (Å²) in [5.41, 5.74) is 8.70. The lowest BCUT2D eigenvalue weighted by Gasteiger charge is -2.42. The molecule has 0 bridgehead atoms. The summed E-state index contributed by atoms with van der Waals surface area (Å²) in [7, 11) is 0. The van der Waals surface area contributed by atoms with E-state index in [1.807, 2.05) is 50.3 Å². The van der Waals surface area contributed by atoms with E-state index in [2.05, 4.69) is 81.9 Å². The monoisotopic (exact) mass is 395 g/mol. The van der Waals surface area contributed by atoms with Crippen molar-refractivity contribution in [1.82, 2.24) is 5.32 Å². The number of dihydropyridines is 1. The molecule has 0 amide bonds. The zero-order valence-corrected chi connectivity index (χ0v) is 18.8. The predicted molar refractivity (Wildman–Crippen MR) is 134 cm³/mol. The first-order valence-electron chi connectivity index (χ1n) is 10.3. The van der Waals surface area contributed by atoms with Crippen molar-refractivity contribution in [3.63, 3.8) is 0 Å². The van der Waals surface area contributed by atoms with E-state index in [-0.39, 0.29) is 0 Å². The zero-order chi connectivity index (χ0) is 22.3. The molecule has 0 saturated carbocycles. The van der Waals surface area contributed by atoms with Gasteiger partial charge in [-0.2, -0.15) is 0 Å². The van der Waals surface area contributed by atoms with Crippen LogP contribution in [0.4, 0.5) is 0 Å². The molecule has 30 heavy (non-hydrogen) atoms. The zero-order valence-electron chi connectivity index (χ0n) is 18.8. The maximum absolute atomic E-state index is 4.21. The number of allylic oxidation sites excluding steroid dienone is 18. The van der Waals surface area contributed by atoms with Gasteiger partial charge in [-0.1, -0.05) is 87.1 Å². The van der Waals surface area contributed by atoms with Crippen molar-refractivity contribution in [2.45, 2.75) is 27.7 Å². The minimum absolute atomic E-state index is 0.483. The molecule has 0 aromatic rings. The lowest BCUT2D eigenvalue weighted by Crippen LogP contribution is -2.36. The highest BCUT2D eigenvalue weighted by Gasteiger charge is 2.49. The molecule has 0 saturated heterocycles. The Labute approximate surface area is 182 Å². The Hall–Kier alpha value is -3.32. The van der Waals surface area contributed by atoms with Crippen molar-refractivity contribution >= 4 is 0 Å². The lowest BCUT2D eigenvalue weighted by atomic mass is 9.62. The van der Waals surface area contributed by atoms with Gasteiger partial charge in [-0.25, -0.2) is 0 Å². The first-order valence-corrected chi connectivity index (χ1v) is 10.3. The molecule has 1 aliphatic heterocycles. The molecule has 154 valence electrons. The quantitative estimate of drug-likeness (QED) is 0.414. The third kappa shape index (κ3) is 3.52. The molecular weight excluding hydrogens is 362 g/mol. The van der Waals surface area contributed by atoms with Gasteiger partial charge in [0.25, 0.3) is 0 Å². The highest BCUT2D eigenvalue weighted by atomic mass is 14.9. The van der Waals surface area contributed by atoms with E-state index >= 15 is 0 Å². The molecule has 1 heteroatoms. The molecule has 1 spiro atoms. The maximum Gasteiger partial charge on any atom is 0.0710 e. The van der Waals surface area contributed by atoms with E-state index < -0.39 is 5.41 Å². The normalized spacial score (nSPS) is 22.5. The van der Waals surface area contributed by atoms with Gasteiger partial charge in [-0.05, 0) is 73.3 Å². The van der Waals surface area contributed by atoms with Crippen molar-refractivity contribution in [3.8, 4) is 0 Å². The summed E-state index contributed by atoms with van der Waals surface area (Å²) in [5, 5.41) is 3.61. The summed E-state index contributed by atoms with van der Waals surface area (Å²) >= 11 is 0. The first kappa shape index (κ1) is 23.0. The Morgan fingerprint density at radius 1 is 0.700 bits per heavy atom. The van der Waals surface area contributed by atoms with Gasteiger partial charge in [0.05, 0.1) is 5.41 Å². The first-order chi connectivity index (χ1) is 14.5. The minimum atomic E-state index is -0.483. The van der Waals surface area contributed by atoms with Crippen LogP contribution in [0.5, 0.6) is 0 Å². The Morgan fingerprint density at radius 3 is 1.77 bits per heavy atom. The Balaban J connectivity index is 3.17. The van der Waals surface area contributed by atoms with Crippen LogP contribution >= 0.6 is 0 Å². The molecule has 2 aliphatic rings. The molecule has 0 radical (unpaired) electrons. The molecule has 0 fully saturated rings. The van der Waals surface area contributed by atoms with Crippen LogP contribution in [0.2, 0.25) is 0 Å². The summed E-state index contributed by atoms with van der Waals surface area (Å²) in [6, 6.07) is 0. The fraction of sp³-hybridized carbons (Fsp3) is 0.172. The van der Waals surface area contributed by atoms with Crippen molar-refractivity contribution in [2.24, 2.45) is 5.41 Å². The Kier molecular flexibility index (Phi) is 7.60. The van der Waals surface area contributed by atoms with Gasteiger partial charge >= 0.3 is 0 Å². The van der Waals surface area contributed by atoms with Gasteiger partial charge in [0.15, 0.2) is 0 Å². The van der Waals surface area contributed by atoms with Gasteiger partial charge in [0.2, 0.25) is 0 Å². The molecule has 1 nitrogen and oxygen atoms in total. The number of hydrogen-bond donors (Lipinski definition) is 1. The van der Waals surface area contributed by atoms with E-state index in [9.17, 15) is 0 Å². The van der Waals surface area contributed by atoms with Crippen LogP contribution in [0.25, 0.3) is 0 Å². The predicted octanol–water partition coefficient (Wildman–Crippen LogP) is 7.74. The molecule has 2 rings (SSSR count). The molecule has 1 heterocycles. The fourth-order valence-corrected chi connectivity index (χ4v) is 4.53. The molecule has 0 aromatic carbocycles. The van der Waals surface area contributed by atoms with Crippen molar-refractivity contribution in [3.05, 3.63) is 144 Å². The van der Waals surface area contributed by atoms with Gasteiger partial charge in [-0.3, -0.25) is 0 Å². The largest absolute Gasteiger partial charge is 0.355 e. The van der Waals surface area contributed by atoms with Crippen LogP contribution in [0.15, 0.2) is 144 Å². The van der Waals surface area contributed by atoms with Crippen molar-refractivity contribution in [2.75, 3.05) is 0 Å². The highest BCUT2D eigenvalue weighted by Crippen LogP contribution is 2.60. The minimum Gasteiger partial charge on any atom is -0.355 e. The standard InChI is InChI=1S/C29H33N/c1-9-15-19-25-21(7)23(13-5)26(20-16-10-2)29(25)22(8)27(17-11-3)30-28(18-12-4)24(29)14-6/h9-20,30H,1-2,5-6H2,3-4,7-8H3/b17-11-,18-12-,19-15-,20-16-. The summed E-state index contributed by atoms with van der Waals surface area (Å²) in [6.07, 6.45) is 24.2. The summed E-state index contributed by atoms with van der Waals surface area (Å²) in [5.74, 6) is 0. The second kappa shape index (κ2) is 9.93. The van der Waals surface area contributed by atoms with Crippen LogP contribution in [0.3, 0.4) is 0 Å². The van der Waals surface area contributed by atoms with Gasteiger partial charge in [0, 0.05) is 11.4 Å². The van der Waals surface area contributed by atoms with E-state index in [1.54, 1.807) is 0 Å². The lowest BCUT2D eigenvalue weighted by molar-refractivity contribution is 0.617. The SMILES string of the molecule is C=C/C=C\C1=C(C)C(C=C)=C(/C=C\C=C)C12C(C)=C(/C=C\C)NC(/C=C\C)=C2C=C. The average Bonchev–Trinajstić information content (AvgIpc) is 2.97. The third-order valence-electron chi connectivity index (χ3n) is 5.71. The van der Waals surface area contributed by atoms with Crippen LogP contribution in [0.1, 0.15) is 27.7 Å². The summed E-state index contributed by atoms with van der Waals surface area (Å²) < 4.78 is 0. The number of nitrogens with one attached hydrogen (secondary N) is 1. The van der Waals surface area contributed by atoms with E-state index in [4.69, 9.17) is 0 Å². The van der Waals surface area contributed by atoms with E-state index in [1.165, 1.54) is 22.3 Å². The van der Waals surface area contributed by atoms with Gasteiger partial charge in [0.1, 0.15) is 0 Å². The number of rotatable bonds is 8. The van der Waals surface area contributed by atoms with Crippen molar-refractivity contribution < 1.29 is 0 Å². The average molecular weight is 396 g/mol. The Morgan fingerprint density at radius 2 is 1.27 bits per heavy atom.